The average Bonchev–Trinajstić information content (AvgIpc) is 2.80. The van der Waals surface area contributed by atoms with Gasteiger partial charge in [0.25, 0.3) is 5.91 Å². The molecular weight excluding hydrogens is 258 g/mol. The molecule has 0 radical (unpaired) electrons. The quantitative estimate of drug-likeness (QED) is 0.806. The highest BCUT2D eigenvalue weighted by molar-refractivity contribution is 6.40. The minimum atomic E-state index is -0.938. The van der Waals surface area contributed by atoms with E-state index in [0.29, 0.717) is 11.3 Å². The molecule has 0 saturated carbocycles. The van der Waals surface area contributed by atoms with Crippen LogP contribution < -0.4 is 5.32 Å². The van der Waals surface area contributed by atoms with E-state index in [9.17, 15) is 9.59 Å². The van der Waals surface area contributed by atoms with Crippen molar-refractivity contribution in [2.45, 2.75) is 33.5 Å². The first-order chi connectivity index (χ1) is 9.42. The van der Waals surface area contributed by atoms with Crippen molar-refractivity contribution in [2.75, 3.05) is 6.54 Å². The summed E-state index contributed by atoms with van der Waals surface area (Å²) >= 11 is 0. The fourth-order valence-corrected chi connectivity index (χ4v) is 2.22. The molecule has 2 heterocycles. The zero-order valence-electron chi connectivity index (χ0n) is 11.9. The van der Waals surface area contributed by atoms with Crippen LogP contribution in [0.15, 0.2) is 28.4 Å². The van der Waals surface area contributed by atoms with Crippen LogP contribution in [0.5, 0.6) is 0 Å². The fraction of sp³-hybridized carbons (Fsp3) is 0.500. The van der Waals surface area contributed by atoms with Gasteiger partial charge < -0.3 is 15.3 Å². The monoisotopic (exact) mass is 277 g/mol. The van der Waals surface area contributed by atoms with Gasteiger partial charge in [-0.3, -0.25) is 4.79 Å². The molecular formula is C14H19N3O3. The summed E-state index contributed by atoms with van der Waals surface area (Å²) in [4.78, 5) is 29.1. The number of nitrogens with zero attached hydrogens (tertiary/aromatic N) is 2. The van der Waals surface area contributed by atoms with Gasteiger partial charge in [-0.2, -0.15) is 0 Å². The molecule has 1 amide bonds. The molecule has 0 fully saturated rings. The van der Waals surface area contributed by atoms with Gasteiger partial charge in [-0.25, -0.2) is 9.79 Å². The van der Waals surface area contributed by atoms with Crippen LogP contribution in [0.25, 0.3) is 0 Å². The Morgan fingerprint density at radius 2 is 2.30 bits per heavy atom. The molecule has 108 valence electrons. The van der Waals surface area contributed by atoms with E-state index >= 15 is 0 Å². The molecule has 2 N–H and O–H groups in total. The molecule has 0 aromatic rings. The maximum atomic E-state index is 11.8. The third kappa shape index (κ3) is 2.74. The summed E-state index contributed by atoms with van der Waals surface area (Å²) in [7, 11) is 0. The zero-order chi connectivity index (χ0) is 14.9. The summed E-state index contributed by atoms with van der Waals surface area (Å²) in [5, 5.41) is 11.9. The van der Waals surface area contributed by atoms with Gasteiger partial charge in [-0.05, 0) is 18.1 Å². The van der Waals surface area contributed by atoms with Crippen molar-refractivity contribution in [1.82, 2.24) is 10.2 Å². The number of hydrogen-bond acceptors (Lipinski definition) is 4. The Morgan fingerprint density at radius 1 is 1.60 bits per heavy atom. The number of amides is 1. The van der Waals surface area contributed by atoms with Crippen molar-refractivity contribution in [3.63, 3.8) is 0 Å². The lowest BCUT2D eigenvalue weighted by molar-refractivity contribution is -0.133. The van der Waals surface area contributed by atoms with Gasteiger partial charge in [0.15, 0.2) is 6.29 Å². The largest absolute Gasteiger partial charge is 0.478 e. The third-order valence-corrected chi connectivity index (χ3v) is 3.34. The van der Waals surface area contributed by atoms with Crippen LogP contribution in [-0.2, 0) is 9.59 Å². The Balaban J connectivity index is 2.23. The zero-order valence-corrected chi connectivity index (χ0v) is 11.9. The first kappa shape index (κ1) is 14.3. The van der Waals surface area contributed by atoms with Crippen LogP contribution in [0.2, 0.25) is 0 Å². The van der Waals surface area contributed by atoms with Crippen LogP contribution in [-0.4, -0.2) is 40.4 Å². The molecule has 1 atom stereocenters. The molecule has 0 aliphatic carbocycles. The van der Waals surface area contributed by atoms with Crippen LogP contribution in [0.3, 0.4) is 0 Å². The van der Waals surface area contributed by atoms with Crippen molar-refractivity contribution in [2.24, 2.45) is 10.9 Å². The van der Waals surface area contributed by atoms with Crippen molar-refractivity contribution in [1.29, 1.82) is 0 Å². The van der Waals surface area contributed by atoms with E-state index in [-0.39, 0.29) is 18.4 Å². The Morgan fingerprint density at radius 3 is 2.80 bits per heavy atom. The Hall–Kier alpha value is -2.11. The van der Waals surface area contributed by atoms with E-state index < -0.39 is 12.3 Å². The van der Waals surface area contributed by atoms with Crippen molar-refractivity contribution >= 4 is 17.6 Å². The minimum Gasteiger partial charge on any atom is -0.478 e. The first-order valence-electron chi connectivity index (χ1n) is 6.71. The standard InChI is InChI=1S/C14H19N3O3/c1-4-9-5-10(13(19)20)7-17(6-9)14-15-11(8(2)3)12(18)16-14/h5-6,8,14H,4,7H2,1-3H3,(H,16,18)(H,19,20). The summed E-state index contributed by atoms with van der Waals surface area (Å²) in [5.41, 5.74) is 1.73. The number of carbonyl (C=O) groups is 2. The predicted octanol–water partition coefficient (Wildman–Crippen LogP) is 1.12. The molecule has 6 heteroatoms. The van der Waals surface area contributed by atoms with Gasteiger partial charge in [-0.15, -0.1) is 0 Å². The predicted molar refractivity (Wildman–Crippen MR) is 75.0 cm³/mol. The molecule has 20 heavy (non-hydrogen) atoms. The second-order valence-corrected chi connectivity index (χ2v) is 5.22. The van der Waals surface area contributed by atoms with Crippen LogP contribution in [0.4, 0.5) is 0 Å². The van der Waals surface area contributed by atoms with Crippen molar-refractivity contribution < 1.29 is 14.7 Å². The Labute approximate surface area is 117 Å². The van der Waals surface area contributed by atoms with E-state index in [1.54, 1.807) is 11.0 Å². The van der Waals surface area contributed by atoms with Gasteiger partial charge in [0.1, 0.15) is 5.71 Å². The molecule has 1 unspecified atom stereocenters. The smallest absolute Gasteiger partial charge is 0.333 e. The number of carboxylic acid groups (broad SMARTS) is 1. The maximum Gasteiger partial charge on any atom is 0.333 e. The number of aliphatic carboxylic acids is 1. The highest BCUT2D eigenvalue weighted by atomic mass is 16.4. The van der Waals surface area contributed by atoms with Crippen LogP contribution >= 0.6 is 0 Å². The van der Waals surface area contributed by atoms with E-state index in [1.165, 1.54) is 0 Å². The Bertz CT molecular complexity index is 532. The van der Waals surface area contributed by atoms with Crippen LogP contribution in [0, 0.1) is 5.92 Å². The summed E-state index contributed by atoms with van der Waals surface area (Å²) in [5.74, 6) is -1.07. The molecule has 0 aromatic carbocycles. The molecule has 2 aliphatic heterocycles. The maximum absolute atomic E-state index is 11.8. The SMILES string of the molecule is CCC1=CN(C2N=C(C(C)C)C(=O)N2)CC(C(=O)O)=C1. The number of allylic oxidation sites excluding steroid dienone is 2. The number of carbonyl (C=O) groups excluding carboxylic acids is 1. The molecule has 0 aromatic heterocycles. The number of carboxylic acids is 1. The van der Waals surface area contributed by atoms with Crippen LogP contribution in [0.1, 0.15) is 27.2 Å². The molecule has 0 bridgehead atoms. The number of aliphatic imine (C=N–C) groups is 1. The van der Waals surface area contributed by atoms with E-state index in [4.69, 9.17) is 5.11 Å². The van der Waals surface area contributed by atoms with E-state index in [1.807, 2.05) is 27.0 Å². The summed E-state index contributed by atoms with van der Waals surface area (Å²) in [6, 6.07) is 0. The highest BCUT2D eigenvalue weighted by Crippen LogP contribution is 2.20. The molecule has 6 nitrogen and oxygen atoms in total. The third-order valence-electron chi connectivity index (χ3n) is 3.34. The van der Waals surface area contributed by atoms with Gasteiger partial charge in [0.2, 0.25) is 0 Å². The lowest BCUT2D eigenvalue weighted by atomic mass is 10.1. The van der Waals surface area contributed by atoms with Crippen molar-refractivity contribution in [3.8, 4) is 0 Å². The minimum absolute atomic E-state index is 0.0499. The topological polar surface area (TPSA) is 82.0 Å². The lowest BCUT2D eigenvalue weighted by Gasteiger charge is -2.29. The normalized spacial score (nSPS) is 22.4. The van der Waals surface area contributed by atoms with Gasteiger partial charge in [-0.1, -0.05) is 20.8 Å². The summed E-state index contributed by atoms with van der Waals surface area (Å²) in [6.07, 6.45) is 3.77. The highest BCUT2D eigenvalue weighted by Gasteiger charge is 2.31. The first-order valence-corrected chi connectivity index (χ1v) is 6.71. The van der Waals surface area contributed by atoms with Gasteiger partial charge >= 0.3 is 5.97 Å². The lowest BCUT2D eigenvalue weighted by Crippen LogP contribution is -2.43. The second-order valence-electron chi connectivity index (χ2n) is 5.22. The molecule has 0 spiro atoms. The van der Waals surface area contributed by atoms with Gasteiger partial charge in [0.05, 0.1) is 12.1 Å². The van der Waals surface area contributed by atoms with E-state index in [2.05, 4.69) is 10.3 Å². The second kappa shape index (κ2) is 5.48. The number of rotatable bonds is 4. The summed E-state index contributed by atoms with van der Waals surface area (Å²) < 4.78 is 0. The Kier molecular flexibility index (Phi) is 3.92. The molecule has 0 saturated heterocycles. The molecule has 2 aliphatic rings. The number of hydrogen-bond donors (Lipinski definition) is 2. The van der Waals surface area contributed by atoms with Crippen molar-refractivity contribution in [3.05, 3.63) is 23.4 Å². The van der Waals surface area contributed by atoms with Gasteiger partial charge in [0, 0.05) is 12.1 Å². The fourth-order valence-electron chi connectivity index (χ4n) is 2.22. The van der Waals surface area contributed by atoms with E-state index in [0.717, 1.165) is 12.0 Å². The average molecular weight is 277 g/mol. The number of nitrogens with one attached hydrogen (secondary N) is 1. The molecule has 2 rings (SSSR count). The summed E-state index contributed by atoms with van der Waals surface area (Å²) in [6.45, 7) is 6.01.